The van der Waals surface area contributed by atoms with Crippen LogP contribution in [-0.4, -0.2) is 44.0 Å². The zero-order chi connectivity index (χ0) is 17.0. The molecule has 0 unspecified atom stereocenters. The van der Waals surface area contributed by atoms with Crippen molar-refractivity contribution in [3.05, 3.63) is 33.6 Å². The van der Waals surface area contributed by atoms with E-state index in [1.54, 1.807) is 13.8 Å². The number of aromatic hydroxyl groups is 1. The second kappa shape index (κ2) is 7.09. The van der Waals surface area contributed by atoms with Gasteiger partial charge in [-0.1, -0.05) is 11.8 Å². The largest absolute Gasteiger partial charge is 0.500 e. The number of nitrogens with zero attached hydrogens (tertiary/aromatic N) is 5. The lowest BCUT2D eigenvalue weighted by atomic mass is 10.2. The van der Waals surface area contributed by atoms with Gasteiger partial charge >= 0.3 is 5.69 Å². The molecule has 1 aromatic carbocycles. The molecule has 10 heteroatoms. The molecule has 0 bridgehead atoms. The Hall–Kier alpha value is -2.62. The van der Waals surface area contributed by atoms with Crippen molar-refractivity contribution in [2.24, 2.45) is 5.10 Å². The summed E-state index contributed by atoms with van der Waals surface area (Å²) in [7, 11) is 0. The Kier molecular flexibility index (Phi) is 5.16. The van der Waals surface area contributed by atoms with E-state index in [0.29, 0.717) is 16.5 Å². The lowest BCUT2D eigenvalue weighted by Crippen LogP contribution is -1.99. The van der Waals surface area contributed by atoms with Gasteiger partial charge in [0.05, 0.1) is 17.7 Å². The Morgan fingerprint density at radius 1 is 1.52 bits per heavy atom. The molecule has 2 rings (SSSR count). The third-order valence-electron chi connectivity index (χ3n) is 2.85. The summed E-state index contributed by atoms with van der Waals surface area (Å²) in [5.74, 6) is 0.122. The number of aryl methyl sites for hydroxylation is 1. The Labute approximate surface area is 136 Å². The van der Waals surface area contributed by atoms with Gasteiger partial charge in [-0.3, -0.25) is 10.1 Å². The molecule has 0 saturated carbocycles. The van der Waals surface area contributed by atoms with E-state index in [1.807, 2.05) is 6.26 Å². The fourth-order valence-electron chi connectivity index (χ4n) is 1.82. The maximum Gasteiger partial charge on any atom is 0.315 e. The van der Waals surface area contributed by atoms with Crippen LogP contribution in [0.25, 0.3) is 0 Å². The van der Waals surface area contributed by atoms with Gasteiger partial charge in [-0.2, -0.15) is 9.78 Å². The number of nitro benzene ring substituents is 1. The van der Waals surface area contributed by atoms with Crippen LogP contribution in [0.3, 0.4) is 0 Å². The number of hydrogen-bond donors (Lipinski definition) is 1. The fraction of sp³-hybridized carbons (Fsp3) is 0.308. The second-order valence-corrected chi connectivity index (χ2v) is 5.14. The van der Waals surface area contributed by atoms with Crippen molar-refractivity contribution in [1.82, 2.24) is 14.9 Å². The molecule has 9 nitrogen and oxygen atoms in total. The molecule has 0 fully saturated rings. The van der Waals surface area contributed by atoms with E-state index in [9.17, 15) is 15.2 Å². The Balaban J connectivity index is 2.44. The van der Waals surface area contributed by atoms with Gasteiger partial charge in [-0.25, -0.2) is 0 Å². The summed E-state index contributed by atoms with van der Waals surface area (Å²) >= 11 is 1.38. The van der Waals surface area contributed by atoms with Crippen molar-refractivity contribution in [2.75, 3.05) is 12.9 Å². The number of rotatable bonds is 6. The minimum Gasteiger partial charge on any atom is -0.500 e. The topological polar surface area (TPSA) is 116 Å². The van der Waals surface area contributed by atoms with Crippen LogP contribution in [0.4, 0.5) is 5.69 Å². The van der Waals surface area contributed by atoms with Crippen LogP contribution in [0, 0.1) is 17.0 Å². The standard InChI is InChI=1S/C13H15N5O4S/c1-4-22-11-6-9(5-10(12(11)19)18(20)21)7-14-17-8(2)15-16-13(17)23-3/h5-7,19H,4H2,1-3H3/b14-7-. The number of benzene rings is 1. The van der Waals surface area contributed by atoms with Crippen LogP contribution in [0.15, 0.2) is 22.4 Å². The van der Waals surface area contributed by atoms with E-state index >= 15 is 0 Å². The first-order valence-electron chi connectivity index (χ1n) is 6.62. The lowest BCUT2D eigenvalue weighted by Gasteiger charge is -2.07. The van der Waals surface area contributed by atoms with E-state index in [4.69, 9.17) is 4.74 Å². The van der Waals surface area contributed by atoms with Crippen LogP contribution in [0.1, 0.15) is 18.3 Å². The van der Waals surface area contributed by atoms with Crippen molar-refractivity contribution in [1.29, 1.82) is 0 Å². The van der Waals surface area contributed by atoms with Crippen molar-refractivity contribution in [3.8, 4) is 11.5 Å². The highest BCUT2D eigenvalue weighted by Crippen LogP contribution is 2.36. The van der Waals surface area contributed by atoms with Gasteiger partial charge in [0.1, 0.15) is 0 Å². The molecular formula is C13H15N5O4S. The molecule has 23 heavy (non-hydrogen) atoms. The average Bonchev–Trinajstić information content (AvgIpc) is 2.88. The van der Waals surface area contributed by atoms with Crippen molar-refractivity contribution in [3.63, 3.8) is 0 Å². The predicted octanol–water partition coefficient (Wildman–Crippen LogP) is 2.20. The minimum absolute atomic E-state index is 0.0359. The first-order valence-corrected chi connectivity index (χ1v) is 7.85. The number of nitro groups is 1. The summed E-state index contributed by atoms with van der Waals surface area (Å²) in [5, 5.41) is 33.6. The summed E-state index contributed by atoms with van der Waals surface area (Å²) in [6.07, 6.45) is 3.26. The summed E-state index contributed by atoms with van der Waals surface area (Å²) in [6.45, 7) is 3.73. The number of ether oxygens (including phenoxy) is 1. The van der Waals surface area contributed by atoms with Crippen LogP contribution in [-0.2, 0) is 0 Å². The smallest absolute Gasteiger partial charge is 0.315 e. The molecule has 0 aliphatic rings. The summed E-state index contributed by atoms with van der Waals surface area (Å²) in [4.78, 5) is 10.4. The summed E-state index contributed by atoms with van der Waals surface area (Å²) in [6, 6.07) is 2.70. The molecule has 1 N–H and O–H groups in total. The molecule has 0 saturated heterocycles. The Morgan fingerprint density at radius 3 is 2.87 bits per heavy atom. The van der Waals surface area contributed by atoms with E-state index in [2.05, 4.69) is 15.3 Å². The molecular weight excluding hydrogens is 322 g/mol. The molecule has 0 amide bonds. The van der Waals surface area contributed by atoms with E-state index in [-0.39, 0.29) is 12.4 Å². The third kappa shape index (κ3) is 3.59. The van der Waals surface area contributed by atoms with Gasteiger partial charge in [-0.05, 0) is 26.2 Å². The highest BCUT2D eigenvalue weighted by molar-refractivity contribution is 7.98. The molecule has 0 atom stereocenters. The molecule has 122 valence electrons. The molecule has 0 aliphatic heterocycles. The zero-order valence-electron chi connectivity index (χ0n) is 12.8. The molecule has 0 radical (unpaired) electrons. The van der Waals surface area contributed by atoms with Crippen LogP contribution < -0.4 is 4.74 Å². The van der Waals surface area contributed by atoms with Crippen LogP contribution in [0.2, 0.25) is 0 Å². The van der Waals surface area contributed by atoms with Gasteiger partial charge in [0.2, 0.25) is 10.9 Å². The number of phenolic OH excluding ortho intramolecular Hbond substituents is 1. The fourth-order valence-corrected chi connectivity index (χ4v) is 2.29. The molecule has 2 aromatic rings. The normalized spacial score (nSPS) is 11.1. The SMILES string of the molecule is CCOc1cc(/C=N\n2c(C)nnc2SC)cc([N+](=O)[O-])c1O. The zero-order valence-corrected chi connectivity index (χ0v) is 13.6. The Bertz CT molecular complexity index is 759. The van der Waals surface area contributed by atoms with Crippen molar-refractivity contribution < 1.29 is 14.8 Å². The first-order chi connectivity index (χ1) is 11.0. The molecule has 1 aromatic heterocycles. The summed E-state index contributed by atoms with van der Waals surface area (Å²) < 4.78 is 6.74. The average molecular weight is 337 g/mol. The van der Waals surface area contributed by atoms with Crippen molar-refractivity contribution in [2.45, 2.75) is 19.0 Å². The number of thioether (sulfide) groups is 1. The van der Waals surface area contributed by atoms with Gasteiger partial charge in [-0.15, -0.1) is 10.2 Å². The molecule has 0 spiro atoms. The highest BCUT2D eigenvalue weighted by Gasteiger charge is 2.19. The van der Waals surface area contributed by atoms with Crippen LogP contribution in [0.5, 0.6) is 11.5 Å². The second-order valence-electron chi connectivity index (χ2n) is 4.37. The number of aromatic nitrogens is 3. The van der Waals surface area contributed by atoms with Crippen LogP contribution >= 0.6 is 11.8 Å². The monoisotopic (exact) mass is 337 g/mol. The maximum atomic E-state index is 11.0. The highest BCUT2D eigenvalue weighted by atomic mass is 32.2. The third-order valence-corrected chi connectivity index (χ3v) is 3.47. The number of phenols is 1. The van der Waals surface area contributed by atoms with Gasteiger partial charge in [0, 0.05) is 11.6 Å². The molecule has 0 aliphatic carbocycles. The van der Waals surface area contributed by atoms with E-state index in [1.165, 1.54) is 34.8 Å². The quantitative estimate of drug-likeness (QED) is 0.372. The first kappa shape index (κ1) is 16.7. The number of hydrogen-bond acceptors (Lipinski definition) is 8. The Morgan fingerprint density at radius 2 is 2.26 bits per heavy atom. The van der Waals surface area contributed by atoms with Crippen molar-refractivity contribution >= 4 is 23.7 Å². The molecule has 1 heterocycles. The lowest BCUT2D eigenvalue weighted by molar-refractivity contribution is -0.386. The maximum absolute atomic E-state index is 11.0. The predicted molar refractivity (Wildman–Crippen MR) is 85.5 cm³/mol. The van der Waals surface area contributed by atoms with E-state index in [0.717, 1.165) is 0 Å². The summed E-state index contributed by atoms with van der Waals surface area (Å²) in [5.41, 5.74) is -0.0268. The van der Waals surface area contributed by atoms with Gasteiger partial charge in [0.15, 0.2) is 11.6 Å². The van der Waals surface area contributed by atoms with E-state index < -0.39 is 16.4 Å². The van der Waals surface area contributed by atoms with Gasteiger partial charge in [0.25, 0.3) is 0 Å². The minimum atomic E-state index is -0.674. The van der Waals surface area contributed by atoms with Gasteiger partial charge < -0.3 is 9.84 Å².